The predicted octanol–water partition coefficient (Wildman–Crippen LogP) is 5.68. The van der Waals surface area contributed by atoms with Gasteiger partial charge in [-0.15, -0.1) is 0 Å². The average molecular weight is 312 g/mol. The van der Waals surface area contributed by atoms with Crippen molar-refractivity contribution in [3.05, 3.63) is 36.5 Å². The molecule has 0 amide bonds. The Morgan fingerprint density at radius 1 is 0.773 bits per heavy atom. The third-order valence-corrected chi connectivity index (χ3v) is 3.03. The minimum absolute atomic E-state index is 0.290. The van der Waals surface area contributed by atoms with E-state index in [9.17, 15) is 4.79 Å². The average Bonchev–Trinajstić information content (AvgIpc) is 2.53. The van der Waals surface area contributed by atoms with Crippen LogP contribution in [-0.2, 0) is 4.79 Å². The number of hydrogen-bond acceptors (Lipinski definition) is 3. The Labute approximate surface area is 134 Å². The van der Waals surface area contributed by atoms with Gasteiger partial charge in [-0.3, -0.25) is 15.3 Å². The highest BCUT2D eigenvalue weighted by Gasteiger charge is 1.93. The fourth-order valence-electron chi connectivity index (χ4n) is 1.83. The van der Waals surface area contributed by atoms with Crippen LogP contribution in [-0.4, -0.2) is 21.6 Å². The van der Waals surface area contributed by atoms with Gasteiger partial charge in [-0.05, 0) is 44.9 Å². The number of allylic oxidation sites excluding steroid dienone is 6. The van der Waals surface area contributed by atoms with Crippen LogP contribution in [0, 0.1) is 0 Å². The molecule has 0 saturated carbocycles. The number of rotatable bonds is 13. The zero-order valence-corrected chi connectivity index (χ0v) is 13.8. The van der Waals surface area contributed by atoms with Gasteiger partial charge in [0.05, 0.1) is 0 Å². The molecule has 4 nitrogen and oxygen atoms in total. The van der Waals surface area contributed by atoms with E-state index in [-0.39, 0.29) is 0 Å². The first kappa shape index (κ1) is 22.9. The maximum Gasteiger partial charge on any atom is 0.303 e. The molecular formula is C18H32O4. The molecule has 0 aromatic rings. The number of aliphatic carboxylic acids is 1. The van der Waals surface area contributed by atoms with Crippen LogP contribution in [0.2, 0.25) is 0 Å². The molecule has 0 heterocycles. The van der Waals surface area contributed by atoms with E-state index in [1.54, 1.807) is 0 Å². The Morgan fingerprint density at radius 2 is 1.23 bits per heavy atom. The normalized spacial score (nSPS) is 11.2. The van der Waals surface area contributed by atoms with Gasteiger partial charge in [-0.2, -0.15) is 0 Å². The van der Waals surface area contributed by atoms with E-state index < -0.39 is 5.97 Å². The van der Waals surface area contributed by atoms with Crippen molar-refractivity contribution >= 4 is 5.97 Å². The Morgan fingerprint density at radius 3 is 1.68 bits per heavy atom. The van der Waals surface area contributed by atoms with Crippen molar-refractivity contribution < 1.29 is 20.4 Å². The fraction of sp³-hybridized carbons (Fsp3) is 0.611. The van der Waals surface area contributed by atoms with Crippen LogP contribution >= 0.6 is 0 Å². The van der Waals surface area contributed by atoms with Crippen LogP contribution in [0.4, 0.5) is 0 Å². The van der Waals surface area contributed by atoms with Crippen molar-refractivity contribution in [2.45, 2.75) is 71.1 Å². The number of unbranched alkanes of at least 4 members (excludes halogenated alkanes) is 5. The molecule has 0 rings (SSSR count). The van der Waals surface area contributed by atoms with Gasteiger partial charge in [-0.1, -0.05) is 56.2 Å². The molecule has 0 atom stereocenters. The van der Waals surface area contributed by atoms with E-state index in [1.165, 1.54) is 25.7 Å². The summed E-state index contributed by atoms with van der Waals surface area (Å²) in [6, 6.07) is 0. The van der Waals surface area contributed by atoms with Crippen LogP contribution in [0.15, 0.2) is 36.5 Å². The van der Waals surface area contributed by atoms with Gasteiger partial charge in [0.2, 0.25) is 0 Å². The molecule has 128 valence electrons. The Bertz CT molecular complexity index is 306. The summed E-state index contributed by atoms with van der Waals surface area (Å²) in [6.07, 6.45) is 23.3. The van der Waals surface area contributed by atoms with Crippen LogP contribution in [0.5, 0.6) is 0 Å². The molecule has 4 heteroatoms. The number of carboxylic acid groups (broad SMARTS) is 1. The highest BCUT2D eigenvalue weighted by Crippen LogP contribution is 2.02. The first-order valence-electron chi connectivity index (χ1n) is 8.14. The van der Waals surface area contributed by atoms with E-state index >= 15 is 0 Å². The summed E-state index contributed by atoms with van der Waals surface area (Å²) >= 11 is 0. The van der Waals surface area contributed by atoms with Gasteiger partial charge in [0, 0.05) is 6.42 Å². The Hall–Kier alpha value is -1.39. The second kappa shape index (κ2) is 21.9. The molecule has 0 saturated heterocycles. The fourth-order valence-corrected chi connectivity index (χ4v) is 1.83. The minimum Gasteiger partial charge on any atom is -0.481 e. The predicted molar refractivity (Wildman–Crippen MR) is 92.2 cm³/mol. The topological polar surface area (TPSA) is 77.8 Å². The van der Waals surface area contributed by atoms with Crippen molar-refractivity contribution in [3.8, 4) is 0 Å². The standard InChI is InChI=1S/C18H30O2.H2O2/c1-2-3-4-5-6-7-8-9-10-11-12-13-14-15-16-17-18(19)20;1-2/h6-7,9-10,12-13H,2-5,8,11,14-17H2,1H3,(H,19,20);1-2H/b7-6-,10-9-,13-12-;. The molecule has 0 aliphatic rings. The molecule has 0 aromatic heterocycles. The monoisotopic (exact) mass is 312 g/mol. The number of carbonyl (C=O) groups is 1. The van der Waals surface area contributed by atoms with Crippen molar-refractivity contribution in [2.75, 3.05) is 0 Å². The summed E-state index contributed by atoms with van der Waals surface area (Å²) in [7, 11) is 0. The molecule has 0 aliphatic carbocycles. The molecule has 0 unspecified atom stereocenters. The van der Waals surface area contributed by atoms with Gasteiger partial charge in [0.15, 0.2) is 0 Å². The number of hydrogen-bond donors (Lipinski definition) is 3. The minimum atomic E-state index is -0.695. The highest BCUT2D eigenvalue weighted by molar-refractivity contribution is 5.66. The van der Waals surface area contributed by atoms with E-state index in [0.717, 1.165) is 32.1 Å². The van der Waals surface area contributed by atoms with Gasteiger partial charge in [-0.25, -0.2) is 0 Å². The van der Waals surface area contributed by atoms with E-state index in [0.29, 0.717) is 6.42 Å². The molecule has 0 aliphatic heterocycles. The van der Waals surface area contributed by atoms with Gasteiger partial charge in [0.25, 0.3) is 0 Å². The zero-order chi connectivity index (χ0) is 16.9. The maximum atomic E-state index is 10.3. The van der Waals surface area contributed by atoms with E-state index in [2.05, 4.69) is 43.4 Å². The lowest BCUT2D eigenvalue weighted by Gasteiger charge is -1.92. The van der Waals surface area contributed by atoms with Crippen molar-refractivity contribution in [1.29, 1.82) is 0 Å². The third-order valence-electron chi connectivity index (χ3n) is 3.03. The first-order valence-corrected chi connectivity index (χ1v) is 8.14. The molecule has 0 spiro atoms. The number of carboxylic acids is 1. The van der Waals surface area contributed by atoms with Crippen LogP contribution in [0.3, 0.4) is 0 Å². The lowest BCUT2D eigenvalue weighted by molar-refractivity contribution is -0.176. The van der Waals surface area contributed by atoms with Gasteiger partial charge < -0.3 is 5.11 Å². The van der Waals surface area contributed by atoms with Crippen LogP contribution < -0.4 is 0 Å². The van der Waals surface area contributed by atoms with Crippen molar-refractivity contribution in [2.24, 2.45) is 0 Å². The molecule has 3 N–H and O–H groups in total. The summed E-state index contributed by atoms with van der Waals surface area (Å²) in [5.41, 5.74) is 0. The summed E-state index contributed by atoms with van der Waals surface area (Å²) in [5.74, 6) is -0.695. The van der Waals surface area contributed by atoms with Gasteiger partial charge >= 0.3 is 5.97 Å². The second-order valence-electron chi connectivity index (χ2n) is 5.02. The molecule has 0 fully saturated rings. The molecule has 0 bridgehead atoms. The molecule has 0 radical (unpaired) electrons. The van der Waals surface area contributed by atoms with Gasteiger partial charge in [0.1, 0.15) is 0 Å². The van der Waals surface area contributed by atoms with Crippen molar-refractivity contribution in [3.63, 3.8) is 0 Å². The quantitative estimate of drug-likeness (QED) is 0.177. The zero-order valence-electron chi connectivity index (χ0n) is 13.8. The Kier molecular flexibility index (Phi) is 22.8. The molecule has 22 heavy (non-hydrogen) atoms. The summed E-state index contributed by atoms with van der Waals surface area (Å²) in [5, 5.41) is 20.5. The summed E-state index contributed by atoms with van der Waals surface area (Å²) in [4.78, 5) is 10.3. The first-order chi connectivity index (χ1) is 10.8. The highest BCUT2D eigenvalue weighted by atomic mass is 17.0. The smallest absolute Gasteiger partial charge is 0.303 e. The summed E-state index contributed by atoms with van der Waals surface area (Å²) in [6.45, 7) is 2.23. The molecular weight excluding hydrogens is 280 g/mol. The van der Waals surface area contributed by atoms with Crippen LogP contribution in [0.25, 0.3) is 0 Å². The molecule has 0 aromatic carbocycles. The second-order valence-corrected chi connectivity index (χ2v) is 5.02. The maximum absolute atomic E-state index is 10.3. The SMILES string of the molecule is CCCCC/C=C\C/C=C\C/C=C\CCCCC(=O)O.OO. The summed E-state index contributed by atoms with van der Waals surface area (Å²) < 4.78 is 0. The van der Waals surface area contributed by atoms with Crippen LogP contribution in [0.1, 0.15) is 71.1 Å². The lowest BCUT2D eigenvalue weighted by atomic mass is 10.2. The largest absolute Gasteiger partial charge is 0.481 e. The lowest BCUT2D eigenvalue weighted by Crippen LogP contribution is -1.92. The van der Waals surface area contributed by atoms with E-state index in [1.807, 2.05) is 0 Å². The van der Waals surface area contributed by atoms with E-state index in [4.69, 9.17) is 15.6 Å². The van der Waals surface area contributed by atoms with Crippen molar-refractivity contribution in [1.82, 2.24) is 0 Å². The Balaban J connectivity index is 0. The third kappa shape index (κ3) is 23.7.